The minimum absolute atomic E-state index is 0.0634. The zero-order valence-corrected chi connectivity index (χ0v) is 16.9. The molecule has 2 aromatic rings. The Labute approximate surface area is 169 Å². The van der Waals surface area contributed by atoms with Gasteiger partial charge in [0.2, 0.25) is 5.75 Å². The zero-order chi connectivity index (χ0) is 20.4. The molecule has 1 heterocycles. The molecular formula is C22H25NO6. The van der Waals surface area contributed by atoms with Gasteiger partial charge in [-0.15, -0.1) is 0 Å². The lowest BCUT2D eigenvalue weighted by Crippen LogP contribution is -2.32. The summed E-state index contributed by atoms with van der Waals surface area (Å²) in [5, 5.41) is 3.06. The Bertz CT molecular complexity index is 897. The van der Waals surface area contributed by atoms with Crippen LogP contribution in [0.2, 0.25) is 0 Å². The Morgan fingerprint density at radius 2 is 1.62 bits per heavy atom. The predicted molar refractivity (Wildman–Crippen MR) is 107 cm³/mol. The molecule has 2 aliphatic rings. The first-order chi connectivity index (χ1) is 14.1. The topological polar surface area (TPSA) is 75.3 Å². The van der Waals surface area contributed by atoms with E-state index in [9.17, 15) is 4.79 Å². The molecule has 0 unspecified atom stereocenters. The number of methoxy groups -OCH3 is 3. The van der Waals surface area contributed by atoms with Crippen LogP contribution in [-0.2, 0) is 5.41 Å². The molecular weight excluding hydrogens is 374 g/mol. The number of fused-ring (bicyclic) bond motifs is 1. The third kappa shape index (κ3) is 3.64. The van der Waals surface area contributed by atoms with E-state index in [1.165, 1.54) is 21.3 Å². The van der Waals surface area contributed by atoms with E-state index in [0.717, 1.165) is 29.9 Å². The number of hydrogen-bond donors (Lipinski definition) is 1. The summed E-state index contributed by atoms with van der Waals surface area (Å²) in [6.07, 6.45) is 2.03. The van der Waals surface area contributed by atoms with Crippen LogP contribution in [0.1, 0.15) is 28.8 Å². The molecule has 154 valence electrons. The largest absolute Gasteiger partial charge is 0.493 e. The van der Waals surface area contributed by atoms with E-state index in [2.05, 4.69) is 11.4 Å². The molecule has 1 N–H and O–H groups in total. The second-order valence-electron chi connectivity index (χ2n) is 7.24. The molecule has 1 saturated carbocycles. The summed E-state index contributed by atoms with van der Waals surface area (Å²) in [7, 11) is 4.59. The lowest BCUT2D eigenvalue weighted by molar-refractivity contribution is 0.0949. The van der Waals surface area contributed by atoms with E-state index in [4.69, 9.17) is 23.7 Å². The Morgan fingerprint density at radius 3 is 2.21 bits per heavy atom. The number of ether oxygens (including phenoxy) is 5. The maximum atomic E-state index is 12.8. The minimum atomic E-state index is -0.187. The van der Waals surface area contributed by atoms with Gasteiger partial charge in [-0.1, -0.05) is 6.07 Å². The summed E-state index contributed by atoms with van der Waals surface area (Å²) < 4.78 is 27.3. The molecule has 0 radical (unpaired) electrons. The molecule has 1 fully saturated rings. The monoisotopic (exact) mass is 399 g/mol. The van der Waals surface area contributed by atoms with E-state index in [0.29, 0.717) is 42.6 Å². The van der Waals surface area contributed by atoms with Gasteiger partial charge < -0.3 is 29.0 Å². The van der Waals surface area contributed by atoms with Crippen molar-refractivity contribution < 1.29 is 28.5 Å². The molecule has 1 amide bonds. The second kappa shape index (κ2) is 7.73. The summed E-state index contributed by atoms with van der Waals surface area (Å²) in [4.78, 5) is 12.8. The van der Waals surface area contributed by atoms with Crippen molar-refractivity contribution in [2.45, 2.75) is 18.3 Å². The molecule has 0 saturated heterocycles. The van der Waals surface area contributed by atoms with Gasteiger partial charge in [0.15, 0.2) is 23.0 Å². The van der Waals surface area contributed by atoms with E-state index >= 15 is 0 Å². The molecule has 0 spiro atoms. The van der Waals surface area contributed by atoms with Gasteiger partial charge >= 0.3 is 0 Å². The summed E-state index contributed by atoms with van der Waals surface area (Å²) in [5.74, 6) is 2.72. The SMILES string of the molecule is COc1cc(C(=O)NCC2(c3ccc4c(c3)OCCO4)CC2)cc(OC)c1OC. The molecule has 0 atom stereocenters. The summed E-state index contributed by atoms with van der Waals surface area (Å²) in [5.41, 5.74) is 1.55. The van der Waals surface area contributed by atoms with Crippen molar-refractivity contribution in [3.63, 3.8) is 0 Å². The van der Waals surface area contributed by atoms with Gasteiger partial charge in [0.1, 0.15) is 13.2 Å². The minimum Gasteiger partial charge on any atom is -0.493 e. The molecule has 29 heavy (non-hydrogen) atoms. The highest BCUT2D eigenvalue weighted by Crippen LogP contribution is 2.49. The molecule has 7 nitrogen and oxygen atoms in total. The standard InChI is InChI=1S/C22H25NO6/c1-25-18-10-14(11-19(26-2)20(18)27-3)21(24)23-13-22(6-7-22)15-4-5-16-17(12-15)29-9-8-28-16/h4-5,10-12H,6-9,13H2,1-3H3,(H,23,24). The van der Waals surface area contributed by atoms with Crippen LogP contribution in [0.5, 0.6) is 28.7 Å². The van der Waals surface area contributed by atoms with Crippen molar-refractivity contribution >= 4 is 5.91 Å². The molecule has 7 heteroatoms. The zero-order valence-electron chi connectivity index (χ0n) is 16.9. The van der Waals surface area contributed by atoms with E-state index in [1.54, 1.807) is 12.1 Å². The van der Waals surface area contributed by atoms with E-state index in [1.807, 2.05) is 12.1 Å². The number of hydrogen-bond acceptors (Lipinski definition) is 6. The van der Waals surface area contributed by atoms with E-state index in [-0.39, 0.29) is 11.3 Å². The molecule has 1 aliphatic carbocycles. The van der Waals surface area contributed by atoms with Crippen LogP contribution in [0.4, 0.5) is 0 Å². The fourth-order valence-electron chi connectivity index (χ4n) is 3.66. The summed E-state index contributed by atoms with van der Waals surface area (Å²) >= 11 is 0. The van der Waals surface area contributed by atoms with Gasteiger partial charge in [-0.2, -0.15) is 0 Å². The summed E-state index contributed by atoms with van der Waals surface area (Å²) in [6, 6.07) is 9.35. The number of rotatable bonds is 7. The van der Waals surface area contributed by atoms with E-state index < -0.39 is 0 Å². The van der Waals surface area contributed by atoms with Gasteiger partial charge in [0.25, 0.3) is 5.91 Å². The van der Waals surface area contributed by atoms with Crippen molar-refractivity contribution in [2.24, 2.45) is 0 Å². The Hall–Kier alpha value is -3.09. The fraction of sp³-hybridized carbons (Fsp3) is 0.409. The number of carbonyl (C=O) groups excluding carboxylic acids is 1. The van der Waals surface area contributed by atoms with Crippen LogP contribution >= 0.6 is 0 Å². The van der Waals surface area contributed by atoms with Crippen LogP contribution in [0.3, 0.4) is 0 Å². The Kier molecular flexibility index (Phi) is 5.13. The normalized spacial score (nSPS) is 16.0. The maximum absolute atomic E-state index is 12.8. The molecule has 0 bridgehead atoms. The maximum Gasteiger partial charge on any atom is 0.251 e. The van der Waals surface area contributed by atoms with Gasteiger partial charge in [-0.25, -0.2) is 0 Å². The van der Waals surface area contributed by atoms with Gasteiger partial charge in [0.05, 0.1) is 21.3 Å². The smallest absolute Gasteiger partial charge is 0.251 e. The third-order valence-electron chi connectivity index (χ3n) is 5.52. The van der Waals surface area contributed by atoms with Crippen molar-refractivity contribution in [3.05, 3.63) is 41.5 Å². The average molecular weight is 399 g/mol. The van der Waals surface area contributed by atoms with Crippen molar-refractivity contribution in [3.8, 4) is 28.7 Å². The fourth-order valence-corrected chi connectivity index (χ4v) is 3.66. The Morgan fingerprint density at radius 1 is 0.966 bits per heavy atom. The molecule has 4 rings (SSSR count). The van der Waals surface area contributed by atoms with Gasteiger partial charge in [-0.05, 0) is 42.7 Å². The van der Waals surface area contributed by atoms with Crippen LogP contribution in [0.15, 0.2) is 30.3 Å². The lowest BCUT2D eigenvalue weighted by Gasteiger charge is -2.22. The highest BCUT2D eigenvalue weighted by molar-refractivity contribution is 5.95. The highest BCUT2D eigenvalue weighted by atomic mass is 16.6. The molecule has 1 aliphatic heterocycles. The third-order valence-corrected chi connectivity index (χ3v) is 5.52. The van der Waals surface area contributed by atoms with Crippen LogP contribution in [0.25, 0.3) is 0 Å². The quantitative estimate of drug-likeness (QED) is 0.772. The van der Waals surface area contributed by atoms with Crippen molar-refractivity contribution in [1.82, 2.24) is 5.32 Å². The number of benzene rings is 2. The van der Waals surface area contributed by atoms with Crippen LogP contribution in [-0.4, -0.2) is 47.0 Å². The first kappa shape index (κ1) is 19.2. The van der Waals surface area contributed by atoms with Crippen LogP contribution in [0, 0.1) is 0 Å². The lowest BCUT2D eigenvalue weighted by atomic mass is 9.95. The number of carbonyl (C=O) groups is 1. The molecule has 2 aromatic carbocycles. The first-order valence-electron chi connectivity index (χ1n) is 9.58. The van der Waals surface area contributed by atoms with Crippen molar-refractivity contribution in [1.29, 1.82) is 0 Å². The second-order valence-corrected chi connectivity index (χ2v) is 7.24. The van der Waals surface area contributed by atoms with Crippen LogP contribution < -0.4 is 29.0 Å². The molecule has 0 aromatic heterocycles. The number of nitrogens with one attached hydrogen (secondary N) is 1. The first-order valence-corrected chi connectivity index (χ1v) is 9.58. The highest BCUT2D eigenvalue weighted by Gasteiger charge is 2.45. The number of amides is 1. The van der Waals surface area contributed by atoms with Crippen molar-refractivity contribution in [2.75, 3.05) is 41.1 Å². The van der Waals surface area contributed by atoms with Gasteiger partial charge in [0, 0.05) is 17.5 Å². The Balaban J connectivity index is 1.50. The predicted octanol–water partition coefficient (Wildman–Crippen LogP) is 2.95. The summed E-state index contributed by atoms with van der Waals surface area (Å²) in [6.45, 7) is 1.67. The van der Waals surface area contributed by atoms with Gasteiger partial charge in [-0.3, -0.25) is 4.79 Å². The average Bonchev–Trinajstić information content (AvgIpc) is 3.57.